The van der Waals surface area contributed by atoms with Gasteiger partial charge in [0.15, 0.2) is 0 Å². The van der Waals surface area contributed by atoms with Gasteiger partial charge in [-0.05, 0) is 11.6 Å². The second-order valence-corrected chi connectivity index (χ2v) is 4.25. The minimum Gasteiger partial charge on any atom is -0.395 e. The van der Waals surface area contributed by atoms with Crippen molar-refractivity contribution in [1.29, 1.82) is 0 Å². The quantitative estimate of drug-likeness (QED) is 0.532. The third-order valence-electron chi connectivity index (χ3n) is 2.22. The zero-order valence-corrected chi connectivity index (χ0v) is 10.7. The van der Waals surface area contributed by atoms with Crippen LogP contribution in [0.5, 0.6) is 0 Å². The Morgan fingerprint density at radius 2 is 1.27 bits per heavy atom. The molecule has 0 aromatic heterocycles. The first kappa shape index (κ1) is 21.0. The summed E-state index contributed by atoms with van der Waals surface area (Å²) in [5, 5.41) is 2.66. The first-order valence-electron chi connectivity index (χ1n) is 4.95. The maximum Gasteiger partial charge on any atom is 0.393 e. The van der Waals surface area contributed by atoms with Crippen LogP contribution in [0.25, 0.3) is 0 Å². The van der Waals surface area contributed by atoms with Gasteiger partial charge in [-0.15, -0.1) is 0 Å². The first-order chi connectivity index (χ1) is 9.48. The molecule has 22 heavy (non-hydrogen) atoms. The van der Waals surface area contributed by atoms with Gasteiger partial charge >= 0.3 is 29.1 Å². The minimum absolute atomic E-state index is 0.823. The molecule has 2 N–H and O–H groups in total. The molecule has 0 radical (unpaired) electrons. The number of carbonyl (C=O) groups excluding carboxylic acids is 1. The number of hydrogen-bond donors (Lipinski definition) is 2. The summed E-state index contributed by atoms with van der Waals surface area (Å²) in [7, 11) is 0. The van der Waals surface area contributed by atoms with Crippen LogP contribution in [0.3, 0.4) is 0 Å². The van der Waals surface area contributed by atoms with E-state index in [-0.39, 0.29) is 0 Å². The van der Waals surface area contributed by atoms with E-state index in [2.05, 4.69) is 11.6 Å². The standard InChI is InChI=1S/C8H6ClF10NO2/c9-8(18,19)7(16,17)6(14,15)5(12,13)4(10,11)3(22)20-1-2-21/h21H,1-2H2,(H,20,22). The van der Waals surface area contributed by atoms with Gasteiger partial charge in [-0.25, -0.2) is 0 Å². The predicted molar refractivity (Wildman–Crippen MR) is 50.7 cm³/mol. The SMILES string of the molecule is O=C(NCCO)C(F)(F)C(F)(F)C(F)(F)C(F)(F)C(F)(F)Cl. The Balaban J connectivity index is 5.84. The molecule has 0 fully saturated rings. The number of aliphatic hydroxyl groups excluding tert-OH is 1. The van der Waals surface area contributed by atoms with E-state index in [4.69, 9.17) is 5.11 Å². The van der Waals surface area contributed by atoms with Crippen LogP contribution in [0.2, 0.25) is 0 Å². The van der Waals surface area contributed by atoms with Gasteiger partial charge in [0.1, 0.15) is 0 Å². The van der Waals surface area contributed by atoms with Crippen LogP contribution in [0.15, 0.2) is 0 Å². The van der Waals surface area contributed by atoms with Crippen molar-refractivity contribution in [2.75, 3.05) is 13.2 Å². The lowest BCUT2D eigenvalue weighted by molar-refractivity contribution is -0.382. The average molecular weight is 374 g/mol. The summed E-state index contributed by atoms with van der Waals surface area (Å²) in [6.45, 7) is -2.20. The maximum absolute atomic E-state index is 13.0. The third kappa shape index (κ3) is 3.05. The van der Waals surface area contributed by atoms with Crippen molar-refractivity contribution >= 4 is 17.5 Å². The van der Waals surface area contributed by atoms with Crippen molar-refractivity contribution < 1.29 is 53.8 Å². The Morgan fingerprint density at radius 1 is 0.864 bits per heavy atom. The highest BCUT2D eigenvalue weighted by molar-refractivity contribution is 6.22. The Kier molecular flexibility index (Phi) is 5.64. The summed E-state index contributed by atoms with van der Waals surface area (Å²) in [4.78, 5) is 10.6. The van der Waals surface area contributed by atoms with E-state index >= 15 is 0 Å². The molecule has 0 rings (SSSR count). The van der Waals surface area contributed by atoms with Crippen LogP contribution >= 0.6 is 11.6 Å². The van der Waals surface area contributed by atoms with Crippen LogP contribution in [0.4, 0.5) is 43.9 Å². The van der Waals surface area contributed by atoms with Gasteiger partial charge in [0.25, 0.3) is 5.91 Å². The summed E-state index contributed by atoms with van der Waals surface area (Å²) in [5.41, 5.74) is 0. The summed E-state index contributed by atoms with van der Waals surface area (Å²) in [5.74, 6) is -31.4. The smallest absolute Gasteiger partial charge is 0.393 e. The molecule has 0 heterocycles. The molecule has 0 aliphatic heterocycles. The van der Waals surface area contributed by atoms with Gasteiger partial charge in [0.05, 0.1) is 6.61 Å². The van der Waals surface area contributed by atoms with E-state index in [0.29, 0.717) is 0 Å². The molecule has 0 aromatic carbocycles. The molecule has 0 unspecified atom stereocenters. The van der Waals surface area contributed by atoms with Crippen molar-refractivity contribution in [2.45, 2.75) is 29.1 Å². The van der Waals surface area contributed by atoms with Crippen LogP contribution in [0, 0.1) is 0 Å². The van der Waals surface area contributed by atoms with Crippen molar-refractivity contribution in [1.82, 2.24) is 5.32 Å². The Labute approximate surface area is 120 Å². The monoisotopic (exact) mass is 373 g/mol. The second kappa shape index (κ2) is 5.91. The number of hydrogen-bond acceptors (Lipinski definition) is 2. The third-order valence-corrected chi connectivity index (χ3v) is 2.46. The van der Waals surface area contributed by atoms with Crippen molar-refractivity contribution in [2.24, 2.45) is 0 Å². The molecule has 0 spiro atoms. The number of halogens is 11. The summed E-state index contributed by atoms with van der Waals surface area (Å²) in [6, 6.07) is 0. The van der Waals surface area contributed by atoms with Crippen LogP contribution < -0.4 is 5.32 Å². The molecule has 0 atom stereocenters. The molecule has 132 valence electrons. The molecule has 14 heteroatoms. The highest BCUT2D eigenvalue weighted by atomic mass is 35.5. The Bertz CT molecular complexity index is 422. The fourth-order valence-electron chi connectivity index (χ4n) is 0.995. The summed E-state index contributed by atoms with van der Waals surface area (Å²) in [6.07, 6.45) is 0. The number of nitrogens with one attached hydrogen (secondary N) is 1. The van der Waals surface area contributed by atoms with Gasteiger partial charge in [0, 0.05) is 6.54 Å². The van der Waals surface area contributed by atoms with E-state index in [1.54, 1.807) is 0 Å². The van der Waals surface area contributed by atoms with Gasteiger partial charge < -0.3 is 10.4 Å². The van der Waals surface area contributed by atoms with Gasteiger partial charge in [-0.2, -0.15) is 43.9 Å². The molecule has 0 aliphatic carbocycles. The fraction of sp³-hybridized carbons (Fsp3) is 0.875. The highest BCUT2D eigenvalue weighted by Crippen LogP contribution is 2.57. The Morgan fingerprint density at radius 3 is 1.59 bits per heavy atom. The molecule has 0 aromatic rings. The van der Waals surface area contributed by atoms with E-state index in [1.807, 2.05) is 0 Å². The Hall–Kier alpha value is -0.980. The van der Waals surface area contributed by atoms with E-state index in [0.717, 1.165) is 5.32 Å². The molecule has 1 amide bonds. The topological polar surface area (TPSA) is 49.3 Å². The average Bonchev–Trinajstić information content (AvgIpc) is 2.33. The van der Waals surface area contributed by atoms with Gasteiger partial charge in [-0.3, -0.25) is 4.79 Å². The zero-order chi connectivity index (χ0) is 18.2. The molecule has 0 saturated heterocycles. The van der Waals surface area contributed by atoms with Crippen LogP contribution in [-0.4, -0.2) is 53.2 Å². The molecular formula is C8H6ClF10NO2. The molecule has 0 bridgehead atoms. The number of aliphatic hydroxyl groups is 1. The predicted octanol–water partition coefficient (Wildman–Crippen LogP) is 2.47. The molecule has 0 aliphatic rings. The fourth-order valence-corrected chi connectivity index (χ4v) is 1.11. The number of amides is 1. The van der Waals surface area contributed by atoms with E-state index in [9.17, 15) is 48.7 Å². The lowest BCUT2D eigenvalue weighted by atomic mass is 9.98. The van der Waals surface area contributed by atoms with Crippen LogP contribution in [0.1, 0.15) is 0 Å². The largest absolute Gasteiger partial charge is 0.395 e. The summed E-state index contributed by atoms with van der Waals surface area (Å²) < 4.78 is 127. The minimum atomic E-state index is -7.38. The van der Waals surface area contributed by atoms with Crippen molar-refractivity contribution in [3.8, 4) is 0 Å². The van der Waals surface area contributed by atoms with Crippen molar-refractivity contribution in [3.05, 3.63) is 0 Å². The number of carbonyl (C=O) groups is 1. The zero-order valence-electron chi connectivity index (χ0n) is 9.93. The highest BCUT2D eigenvalue weighted by Gasteiger charge is 2.87. The molecule has 3 nitrogen and oxygen atoms in total. The van der Waals surface area contributed by atoms with E-state index < -0.39 is 48.1 Å². The lowest BCUT2D eigenvalue weighted by Crippen LogP contribution is -2.69. The van der Waals surface area contributed by atoms with Gasteiger partial charge in [0.2, 0.25) is 0 Å². The first-order valence-corrected chi connectivity index (χ1v) is 5.33. The summed E-state index contributed by atoms with van der Waals surface area (Å²) >= 11 is 3.55. The normalized spacial score (nSPS) is 14.9. The van der Waals surface area contributed by atoms with E-state index in [1.165, 1.54) is 0 Å². The number of alkyl halides is 11. The number of rotatable bonds is 7. The van der Waals surface area contributed by atoms with Gasteiger partial charge in [-0.1, -0.05) is 0 Å². The molecular weight excluding hydrogens is 368 g/mol. The van der Waals surface area contributed by atoms with Crippen LogP contribution in [-0.2, 0) is 4.79 Å². The molecule has 0 saturated carbocycles. The van der Waals surface area contributed by atoms with Crippen molar-refractivity contribution in [3.63, 3.8) is 0 Å². The maximum atomic E-state index is 13.0. The second-order valence-electron chi connectivity index (χ2n) is 3.77. The lowest BCUT2D eigenvalue weighted by Gasteiger charge is -2.37.